The van der Waals surface area contributed by atoms with E-state index in [1.807, 2.05) is 79.7 Å². The zero-order chi connectivity index (χ0) is 33.6. The third kappa shape index (κ3) is 9.33. The van der Waals surface area contributed by atoms with Crippen LogP contribution in [0.2, 0.25) is 0 Å². The number of thioether (sulfide) groups is 1. The molecule has 5 aromatic rings. The second-order valence-electron chi connectivity index (χ2n) is 11.0. The van der Waals surface area contributed by atoms with Crippen LogP contribution in [0.4, 0.5) is 32.0 Å². The fourth-order valence-corrected chi connectivity index (χ4v) is 5.86. The molecule has 0 aliphatic heterocycles. The molecule has 3 nitrogen and oxygen atoms in total. The van der Waals surface area contributed by atoms with Crippen molar-refractivity contribution in [2.24, 2.45) is 0 Å². The number of alkyl halides is 6. The Kier molecular flexibility index (Phi) is 10.5. The van der Waals surface area contributed by atoms with Crippen molar-refractivity contribution >= 4 is 17.4 Å². The number of hydrogen-bond acceptors (Lipinski definition) is 4. The summed E-state index contributed by atoms with van der Waals surface area (Å²) < 4.78 is 85.5. The topological polar surface area (TPSA) is 32.7 Å². The highest BCUT2D eigenvalue weighted by atomic mass is 32.2. The molecule has 47 heavy (non-hydrogen) atoms. The number of benzene rings is 5. The zero-order valence-electron chi connectivity index (χ0n) is 25.2. The number of aliphatic hydroxyl groups is 1. The molecule has 0 saturated carbocycles. The Labute approximate surface area is 273 Å². The molecule has 0 unspecified atom stereocenters. The number of anilines is 1. The minimum atomic E-state index is -4.85. The lowest BCUT2D eigenvalue weighted by molar-refractivity contribution is -0.200. The Balaban J connectivity index is 1.48. The first-order valence-electron chi connectivity index (χ1n) is 14.7. The molecule has 244 valence electrons. The minimum absolute atomic E-state index is 0.0156. The van der Waals surface area contributed by atoms with Gasteiger partial charge in [-0.1, -0.05) is 84.9 Å². The quantitative estimate of drug-likeness (QED) is 0.112. The van der Waals surface area contributed by atoms with Crippen molar-refractivity contribution < 1.29 is 36.2 Å². The van der Waals surface area contributed by atoms with Crippen molar-refractivity contribution in [3.05, 3.63) is 138 Å². The maximum Gasteiger partial charge on any atom is 0.446 e. The third-order valence-corrected chi connectivity index (χ3v) is 8.22. The van der Waals surface area contributed by atoms with Gasteiger partial charge < -0.3 is 14.7 Å². The summed E-state index contributed by atoms with van der Waals surface area (Å²) in [6.45, 7) is 1.21. The molecule has 0 aliphatic carbocycles. The van der Waals surface area contributed by atoms with E-state index in [1.54, 1.807) is 30.3 Å². The Morgan fingerprint density at radius 2 is 1.45 bits per heavy atom. The largest absolute Gasteiger partial charge is 0.489 e. The molecular formula is C37H31F6NO2S. The van der Waals surface area contributed by atoms with Crippen LogP contribution in [0, 0.1) is 6.92 Å². The Bertz CT molecular complexity index is 1790. The normalized spacial score (nSPS) is 12.5. The average molecular weight is 668 g/mol. The van der Waals surface area contributed by atoms with Crippen LogP contribution in [0.25, 0.3) is 22.3 Å². The van der Waals surface area contributed by atoms with Crippen molar-refractivity contribution in [2.75, 3.05) is 11.4 Å². The van der Waals surface area contributed by atoms with Gasteiger partial charge in [0.05, 0.1) is 6.54 Å². The Morgan fingerprint density at radius 1 is 0.723 bits per heavy atom. The van der Waals surface area contributed by atoms with Crippen molar-refractivity contribution in [1.82, 2.24) is 0 Å². The monoisotopic (exact) mass is 667 g/mol. The second-order valence-corrected chi connectivity index (χ2v) is 12.1. The van der Waals surface area contributed by atoms with E-state index < -0.39 is 24.3 Å². The molecule has 1 atom stereocenters. The van der Waals surface area contributed by atoms with Gasteiger partial charge in [-0.3, -0.25) is 0 Å². The van der Waals surface area contributed by atoms with Gasteiger partial charge in [-0.05, 0) is 88.0 Å². The van der Waals surface area contributed by atoms with Gasteiger partial charge in [0.25, 0.3) is 0 Å². The molecule has 1 N–H and O–H groups in total. The van der Waals surface area contributed by atoms with Crippen LogP contribution in [0.5, 0.6) is 5.75 Å². The summed E-state index contributed by atoms with van der Waals surface area (Å²) in [6, 6.07) is 35.5. The van der Waals surface area contributed by atoms with Gasteiger partial charge in [0.2, 0.25) is 0 Å². The lowest BCUT2D eigenvalue weighted by Crippen LogP contribution is -2.41. The van der Waals surface area contributed by atoms with Crippen LogP contribution in [0.3, 0.4) is 0 Å². The fourth-order valence-electron chi connectivity index (χ4n) is 5.24. The molecule has 0 aromatic heterocycles. The summed E-state index contributed by atoms with van der Waals surface area (Å²) in [5, 5.41) is 10.2. The lowest BCUT2D eigenvalue weighted by Gasteiger charge is -2.30. The van der Waals surface area contributed by atoms with Crippen LogP contribution in [0.1, 0.15) is 16.7 Å². The third-order valence-electron chi connectivity index (χ3n) is 7.50. The first kappa shape index (κ1) is 33.9. The summed E-state index contributed by atoms with van der Waals surface area (Å²) in [4.78, 5) is 1.47. The highest BCUT2D eigenvalue weighted by Crippen LogP contribution is 2.37. The molecule has 10 heteroatoms. The lowest BCUT2D eigenvalue weighted by atomic mass is 9.93. The maximum absolute atomic E-state index is 13.7. The summed E-state index contributed by atoms with van der Waals surface area (Å²) in [5.41, 5.74) is 1.83. The first-order valence-corrected chi connectivity index (χ1v) is 15.5. The molecular weight excluding hydrogens is 636 g/mol. The summed E-state index contributed by atoms with van der Waals surface area (Å²) in [6.07, 6.45) is -7.47. The Morgan fingerprint density at radius 3 is 2.17 bits per heavy atom. The smallest absolute Gasteiger partial charge is 0.446 e. The van der Waals surface area contributed by atoms with Crippen molar-refractivity contribution in [3.8, 4) is 28.0 Å². The SMILES string of the molecule is Cc1ccccc1-c1ccc(-c2ccccc2)c(CN(C[C@@H](O)C(F)(F)F)c2cccc(OCc3cccc(SC(F)(F)F)c3)c2)c1. The van der Waals surface area contributed by atoms with Gasteiger partial charge in [0.1, 0.15) is 12.4 Å². The molecule has 5 aromatic carbocycles. The first-order chi connectivity index (χ1) is 22.4. The highest BCUT2D eigenvalue weighted by molar-refractivity contribution is 8.00. The van der Waals surface area contributed by atoms with E-state index in [2.05, 4.69) is 0 Å². The zero-order valence-corrected chi connectivity index (χ0v) is 26.0. The van der Waals surface area contributed by atoms with E-state index in [0.29, 0.717) is 17.0 Å². The van der Waals surface area contributed by atoms with Gasteiger partial charge in [0.15, 0.2) is 6.10 Å². The molecule has 0 spiro atoms. The highest BCUT2D eigenvalue weighted by Gasteiger charge is 2.39. The predicted molar refractivity (Wildman–Crippen MR) is 174 cm³/mol. The number of rotatable bonds is 11. The molecule has 0 saturated heterocycles. The van der Waals surface area contributed by atoms with Gasteiger partial charge in [-0.15, -0.1) is 0 Å². The number of hydrogen-bond donors (Lipinski definition) is 1. The van der Waals surface area contributed by atoms with Crippen molar-refractivity contribution in [3.63, 3.8) is 0 Å². The standard InChI is InChI=1S/C37H31F6NO2S/c1-25-9-5-6-16-33(25)28-17-18-34(27-11-3-2-4-12-27)29(20-28)22-44(23-35(45)36(38,39)40)30-13-8-14-31(21-30)46-24-26-10-7-15-32(19-26)47-37(41,42)43/h2-21,35,45H,22-24H2,1H3/t35-/m1/s1. The number of halogens is 6. The number of aliphatic hydroxyl groups excluding tert-OH is 1. The van der Waals surface area contributed by atoms with E-state index in [9.17, 15) is 31.4 Å². The molecule has 5 rings (SSSR count). The van der Waals surface area contributed by atoms with E-state index >= 15 is 0 Å². The summed E-state index contributed by atoms with van der Waals surface area (Å²) in [7, 11) is 0. The van der Waals surface area contributed by atoms with E-state index in [-0.39, 0.29) is 29.8 Å². The minimum Gasteiger partial charge on any atom is -0.489 e. The number of aryl methyl sites for hydroxylation is 1. The van der Waals surface area contributed by atoms with Gasteiger partial charge in [-0.2, -0.15) is 26.3 Å². The van der Waals surface area contributed by atoms with Crippen LogP contribution >= 0.6 is 11.8 Å². The Hall–Kier alpha value is -4.41. The fraction of sp³-hybridized carbons (Fsp3) is 0.189. The number of ether oxygens (including phenoxy) is 1. The van der Waals surface area contributed by atoms with Gasteiger partial charge >= 0.3 is 11.7 Å². The molecule has 0 heterocycles. The second kappa shape index (κ2) is 14.6. The predicted octanol–water partition coefficient (Wildman–Crippen LogP) is 10.4. The summed E-state index contributed by atoms with van der Waals surface area (Å²) >= 11 is -0.227. The van der Waals surface area contributed by atoms with Crippen molar-refractivity contribution in [2.45, 2.75) is 42.8 Å². The van der Waals surface area contributed by atoms with E-state index in [1.165, 1.54) is 23.1 Å². The van der Waals surface area contributed by atoms with Gasteiger partial charge in [0, 0.05) is 23.2 Å². The average Bonchev–Trinajstić information content (AvgIpc) is 3.03. The number of nitrogens with zero attached hydrogens (tertiary/aromatic N) is 1. The van der Waals surface area contributed by atoms with Crippen molar-refractivity contribution in [1.29, 1.82) is 0 Å². The molecule has 0 amide bonds. The molecule has 0 aliphatic rings. The molecule has 0 bridgehead atoms. The van der Waals surface area contributed by atoms with Crippen LogP contribution in [-0.4, -0.2) is 29.4 Å². The van der Waals surface area contributed by atoms with E-state index in [0.717, 1.165) is 33.4 Å². The summed E-state index contributed by atoms with van der Waals surface area (Å²) in [5.74, 6) is 0.305. The van der Waals surface area contributed by atoms with E-state index in [4.69, 9.17) is 4.74 Å². The maximum atomic E-state index is 13.7. The van der Waals surface area contributed by atoms with Crippen LogP contribution < -0.4 is 9.64 Å². The van der Waals surface area contributed by atoms with Gasteiger partial charge in [-0.25, -0.2) is 0 Å². The molecule has 0 radical (unpaired) electrons. The van der Waals surface area contributed by atoms with Crippen LogP contribution in [0.15, 0.2) is 126 Å². The molecule has 0 fully saturated rings. The van der Waals surface area contributed by atoms with Crippen LogP contribution in [-0.2, 0) is 13.2 Å².